The van der Waals surface area contributed by atoms with Gasteiger partial charge < -0.3 is 4.52 Å². The van der Waals surface area contributed by atoms with E-state index in [2.05, 4.69) is 26.1 Å². The predicted octanol–water partition coefficient (Wildman–Crippen LogP) is 3.35. The Morgan fingerprint density at radius 3 is 2.68 bits per heavy atom. The minimum atomic E-state index is -3.46. The minimum absolute atomic E-state index is 0.214. The molecule has 2 fully saturated rings. The fourth-order valence-corrected chi connectivity index (χ4v) is 5.09. The third-order valence-electron chi connectivity index (χ3n) is 4.82. The highest BCUT2D eigenvalue weighted by Gasteiger charge is 2.32. The molecular formula is C17H20BrN3O3S. The van der Waals surface area contributed by atoms with Crippen LogP contribution in [0.5, 0.6) is 0 Å². The van der Waals surface area contributed by atoms with Crippen LogP contribution in [0.3, 0.4) is 0 Å². The van der Waals surface area contributed by atoms with Crippen molar-refractivity contribution in [1.29, 1.82) is 0 Å². The maximum atomic E-state index is 12.9. The van der Waals surface area contributed by atoms with Crippen molar-refractivity contribution in [3.8, 4) is 0 Å². The van der Waals surface area contributed by atoms with E-state index in [4.69, 9.17) is 4.52 Å². The van der Waals surface area contributed by atoms with Crippen molar-refractivity contribution in [2.75, 3.05) is 13.1 Å². The number of sulfonamides is 1. The highest BCUT2D eigenvalue weighted by Crippen LogP contribution is 2.38. The summed E-state index contributed by atoms with van der Waals surface area (Å²) in [5.74, 6) is 2.13. The molecule has 1 saturated heterocycles. The summed E-state index contributed by atoms with van der Waals surface area (Å²) in [5.41, 5.74) is 0. The Labute approximate surface area is 155 Å². The number of nitrogens with zero attached hydrogens (tertiary/aromatic N) is 3. The molecule has 1 aromatic carbocycles. The third-order valence-corrected chi connectivity index (χ3v) is 7.23. The summed E-state index contributed by atoms with van der Waals surface area (Å²) >= 11 is 3.34. The molecule has 0 spiro atoms. The van der Waals surface area contributed by atoms with Crippen LogP contribution in [0.4, 0.5) is 0 Å². The second kappa shape index (κ2) is 6.81. The monoisotopic (exact) mass is 425 g/mol. The number of halogens is 1. The lowest BCUT2D eigenvalue weighted by Gasteiger charge is -2.31. The van der Waals surface area contributed by atoms with Crippen LogP contribution < -0.4 is 0 Å². The van der Waals surface area contributed by atoms with E-state index in [0.29, 0.717) is 36.2 Å². The molecule has 1 atom stereocenters. The van der Waals surface area contributed by atoms with Crippen LogP contribution in [0.1, 0.15) is 43.3 Å². The van der Waals surface area contributed by atoms with Gasteiger partial charge in [0, 0.05) is 29.9 Å². The molecule has 1 unspecified atom stereocenters. The van der Waals surface area contributed by atoms with Crippen LogP contribution in [-0.4, -0.2) is 36.0 Å². The molecule has 0 N–H and O–H groups in total. The van der Waals surface area contributed by atoms with Crippen molar-refractivity contribution in [3.05, 3.63) is 40.5 Å². The lowest BCUT2D eigenvalue weighted by atomic mass is 9.96. The van der Waals surface area contributed by atoms with Gasteiger partial charge in [-0.15, -0.1) is 0 Å². The maximum absolute atomic E-state index is 12.9. The van der Waals surface area contributed by atoms with E-state index < -0.39 is 10.0 Å². The molecule has 8 heteroatoms. The second-order valence-corrected chi connectivity index (χ2v) is 9.70. The number of hydrogen-bond donors (Lipinski definition) is 0. The quantitative estimate of drug-likeness (QED) is 0.733. The first-order chi connectivity index (χ1) is 12.0. The van der Waals surface area contributed by atoms with Gasteiger partial charge in [-0.2, -0.15) is 9.29 Å². The van der Waals surface area contributed by atoms with E-state index in [-0.39, 0.29) is 5.92 Å². The largest absolute Gasteiger partial charge is 0.339 e. The van der Waals surface area contributed by atoms with E-state index in [0.717, 1.165) is 36.0 Å². The van der Waals surface area contributed by atoms with Crippen molar-refractivity contribution >= 4 is 26.0 Å². The molecule has 2 heterocycles. The van der Waals surface area contributed by atoms with Crippen LogP contribution in [0.25, 0.3) is 0 Å². The summed E-state index contributed by atoms with van der Waals surface area (Å²) in [6, 6.07) is 6.80. The van der Waals surface area contributed by atoms with Crippen molar-refractivity contribution in [2.24, 2.45) is 5.92 Å². The normalized spacial score (nSPS) is 22.2. The molecule has 0 bridgehead atoms. The van der Waals surface area contributed by atoms with Gasteiger partial charge in [-0.3, -0.25) is 0 Å². The molecule has 1 aromatic heterocycles. The SMILES string of the molecule is O=S(=O)(c1ccc(Br)cc1)N1CCCC(Cc2nc(C3CC3)no2)C1. The average Bonchev–Trinajstić information content (AvgIpc) is 3.36. The smallest absolute Gasteiger partial charge is 0.243 e. The number of hydrogen-bond acceptors (Lipinski definition) is 5. The van der Waals surface area contributed by atoms with Crippen LogP contribution in [-0.2, 0) is 16.4 Å². The minimum Gasteiger partial charge on any atom is -0.339 e. The Morgan fingerprint density at radius 2 is 1.96 bits per heavy atom. The topological polar surface area (TPSA) is 76.3 Å². The average molecular weight is 426 g/mol. The maximum Gasteiger partial charge on any atom is 0.243 e. The fourth-order valence-electron chi connectivity index (χ4n) is 3.27. The van der Waals surface area contributed by atoms with Crippen LogP contribution in [0, 0.1) is 5.92 Å². The molecule has 4 rings (SSSR count). The summed E-state index contributed by atoms with van der Waals surface area (Å²) in [5, 5.41) is 4.04. The van der Waals surface area contributed by atoms with Gasteiger partial charge in [0.25, 0.3) is 0 Å². The first-order valence-corrected chi connectivity index (χ1v) is 10.8. The lowest BCUT2D eigenvalue weighted by Crippen LogP contribution is -2.40. The molecule has 1 saturated carbocycles. The molecule has 134 valence electrons. The molecular weight excluding hydrogens is 406 g/mol. The standard InChI is InChI=1S/C17H20BrN3O3S/c18-14-5-7-15(8-6-14)25(22,23)21-9-1-2-12(11-21)10-16-19-17(20-24-16)13-3-4-13/h5-8,12-13H,1-4,9-11H2. The van der Waals surface area contributed by atoms with Gasteiger partial charge in [-0.25, -0.2) is 8.42 Å². The summed E-state index contributed by atoms with van der Waals surface area (Å²) < 4.78 is 33.5. The van der Waals surface area contributed by atoms with Gasteiger partial charge in [0.2, 0.25) is 15.9 Å². The summed E-state index contributed by atoms with van der Waals surface area (Å²) in [7, 11) is -3.46. The molecule has 6 nitrogen and oxygen atoms in total. The van der Waals surface area contributed by atoms with E-state index in [1.165, 1.54) is 0 Å². The first kappa shape index (κ1) is 17.2. The number of aromatic nitrogens is 2. The summed E-state index contributed by atoms with van der Waals surface area (Å²) in [6.45, 7) is 1.06. The fraction of sp³-hybridized carbons (Fsp3) is 0.529. The molecule has 2 aromatic rings. The predicted molar refractivity (Wildman–Crippen MR) is 95.6 cm³/mol. The third kappa shape index (κ3) is 3.80. The summed E-state index contributed by atoms with van der Waals surface area (Å²) in [6.07, 6.45) is 4.76. The lowest BCUT2D eigenvalue weighted by molar-refractivity contribution is 0.247. The van der Waals surface area contributed by atoms with E-state index in [1.807, 2.05) is 0 Å². The number of piperidine rings is 1. The molecule has 25 heavy (non-hydrogen) atoms. The Kier molecular flexibility index (Phi) is 4.68. The van der Waals surface area contributed by atoms with Gasteiger partial charge in [0.1, 0.15) is 0 Å². The van der Waals surface area contributed by atoms with Crippen molar-refractivity contribution in [2.45, 2.75) is 42.9 Å². The molecule has 0 amide bonds. The zero-order valence-corrected chi connectivity index (χ0v) is 16.2. The Balaban J connectivity index is 1.45. The molecule has 0 radical (unpaired) electrons. The van der Waals surface area contributed by atoms with E-state index >= 15 is 0 Å². The number of benzene rings is 1. The highest BCUT2D eigenvalue weighted by molar-refractivity contribution is 9.10. The van der Waals surface area contributed by atoms with Crippen molar-refractivity contribution in [1.82, 2.24) is 14.4 Å². The highest BCUT2D eigenvalue weighted by atomic mass is 79.9. The number of rotatable bonds is 5. The van der Waals surface area contributed by atoms with E-state index in [1.54, 1.807) is 28.6 Å². The molecule has 1 aliphatic carbocycles. The van der Waals surface area contributed by atoms with Gasteiger partial charge in [-0.05, 0) is 55.9 Å². The van der Waals surface area contributed by atoms with Gasteiger partial charge in [0.15, 0.2) is 5.82 Å². The van der Waals surface area contributed by atoms with Crippen LogP contribution in [0.15, 0.2) is 38.2 Å². The second-order valence-electron chi connectivity index (χ2n) is 6.85. The van der Waals surface area contributed by atoms with Crippen LogP contribution in [0.2, 0.25) is 0 Å². The van der Waals surface area contributed by atoms with Crippen molar-refractivity contribution < 1.29 is 12.9 Å². The van der Waals surface area contributed by atoms with Gasteiger partial charge in [0.05, 0.1) is 4.90 Å². The van der Waals surface area contributed by atoms with Crippen LogP contribution >= 0.6 is 15.9 Å². The zero-order chi connectivity index (χ0) is 17.4. The molecule has 2 aliphatic rings. The molecule has 1 aliphatic heterocycles. The summed E-state index contributed by atoms with van der Waals surface area (Å²) in [4.78, 5) is 4.81. The Morgan fingerprint density at radius 1 is 1.20 bits per heavy atom. The van der Waals surface area contributed by atoms with E-state index in [9.17, 15) is 8.42 Å². The van der Waals surface area contributed by atoms with Crippen molar-refractivity contribution in [3.63, 3.8) is 0 Å². The van der Waals surface area contributed by atoms with Gasteiger partial charge >= 0.3 is 0 Å². The Hall–Kier alpha value is -1.25. The Bertz CT molecular complexity index is 846. The van der Waals surface area contributed by atoms with Gasteiger partial charge in [-0.1, -0.05) is 21.1 Å². The first-order valence-electron chi connectivity index (χ1n) is 8.60. The zero-order valence-electron chi connectivity index (χ0n) is 13.8.